The van der Waals surface area contributed by atoms with E-state index in [1.54, 1.807) is 0 Å². The van der Waals surface area contributed by atoms with Crippen LogP contribution in [0.4, 0.5) is 0 Å². The first kappa shape index (κ1) is 30.8. The molecule has 0 radical (unpaired) electrons. The van der Waals surface area contributed by atoms with Crippen molar-refractivity contribution in [1.82, 2.24) is 10.2 Å². The Labute approximate surface area is 204 Å². The van der Waals surface area contributed by atoms with E-state index < -0.39 is 0 Å². The summed E-state index contributed by atoms with van der Waals surface area (Å²) < 4.78 is 0. The number of nitrogens with zero attached hydrogens (tertiary/aromatic N) is 2. The first-order valence-electron chi connectivity index (χ1n) is 12.1. The van der Waals surface area contributed by atoms with Gasteiger partial charge in [0.1, 0.15) is 0 Å². The molecule has 0 aromatic rings. The molecule has 0 aromatic heterocycles. The van der Waals surface area contributed by atoms with Crippen molar-refractivity contribution in [3.05, 3.63) is 71.7 Å². The second-order valence-electron chi connectivity index (χ2n) is 9.06. The fourth-order valence-electron chi connectivity index (χ4n) is 4.57. The average molecular weight is 455 g/mol. The first-order chi connectivity index (χ1) is 15.3. The monoisotopic (exact) mass is 454 g/mol. The van der Waals surface area contributed by atoms with Crippen LogP contribution in [0.1, 0.15) is 80.1 Å². The molecular weight excluding hydrogens is 404 g/mol. The molecule has 1 aliphatic heterocycles. The molecule has 1 fully saturated rings. The van der Waals surface area contributed by atoms with E-state index in [0.717, 1.165) is 42.9 Å². The van der Waals surface area contributed by atoms with Crippen molar-refractivity contribution in [2.75, 3.05) is 20.1 Å². The van der Waals surface area contributed by atoms with Crippen molar-refractivity contribution in [3.63, 3.8) is 0 Å². The molecule has 2 aliphatic rings. The van der Waals surface area contributed by atoms with Crippen molar-refractivity contribution >= 4 is 0 Å². The standard InChI is InChI=1S/C27H42N2.CH4N2.CH4/c1-8-21(5)26(22(6)9-2)28-23(7)27(29-18-12-10-11-13-19-29)25-16-14-24(15-17-25)20(3)4;1-3-2;/h8-9,16,24,27-28H,1,3,7,10-15,17-19H2,2,4-6H3;2H,1H3;1H4/b22-9-,26-21+;;. The minimum absolute atomic E-state index is 0. The zero-order valence-electron chi connectivity index (χ0n) is 21.3. The lowest BCUT2D eigenvalue weighted by Gasteiger charge is -2.37. The van der Waals surface area contributed by atoms with Gasteiger partial charge in [-0.15, -0.1) is 0 Å². The zero-order valence-corrected chi connectivity index (χ0v) is 21.3. The third-order valence-corrected chi connectivity index (χ3v) is 6.64. The Balaban J connectivity index is 0.00000242. The van der Waals surface area contributed by atoms with Crippen LogP contribution in [-0.4, -0.2) is 31.1 Å². The van der Waals surface area contributed by atoms with Crippen molar-refractivity contribution in [3.8, 4) is 0 Å². The topological polar surface area (TPSA) is 51.5 Å². The largest absolute Gasteiger partial charge is 0.357 e. The molecule has 2 unspecified atom stereocenters. The summed E-state index contributed by atoms with van der Waals surface area (Å²) >= 11 is 0. The van der Waals surface area contributed by atoms with Gasteiger partial charge in [-0.2, -0.15) is 0 Å². The van der Waals surface area contributed by atoms with Crippen molar-refractivity contribution in [2.45, 2.75) is 86.1 Å². The lowest BCUT2D eigenvalue weighted by atomic mass is 9.82. The van der Waals surface area contributed by atoms with E-state index in [4.69, 9.17) is 5.53 Å². The van der Waals surface area contributed by atoms with E-state index >= 15 is 0 Å². The molecule has 0 saturated carbocycles. The molecule has 2 N–H and O–H groups in total. The Morgan fingerprint density at radius 3 is 2.18 bits per heavy atom. The number of rotatable bonds is 8. The average Bonchev–Trinajstić information content (AvgIpc) is 3.07. The molecule has 1 aliphatic carbocycles. The highest BCUT2D eigenvalue weighted by molar-refractivity contribution is 5.40. The molecule has 1 heterocycles. The highest BCUT2D eigenvalue weighted by atomic mass is 15.2. The van der Waals surface area contributed by atoms with Crippen LogP contribution in [-0.2, 0) is 0 Å². The summed E-state index contributed by atoms with van der Waals surface area (Å²) in [6, 6.07) is 0.274. The predicted molar refractivity (Wildman–Crippen MR) is 146 cm³/mol. The van der Waals surface area contributed by atoms with Gasteiger partial charge in [0.25, 0.3) is 0 Å². The van der Waals surface area contributed by atoms with Crippen molar-refractivity contribution < 1.29 is 0 Å². The Hall–Kier alpha value is -2.20. The molecule has 4 nitrogen and oxygen atoms in total. The van der Waals surface area contributed by atoms with Crippen molar-refractivity contribution in [2.24, 2.45) is 11.0 Å². The van der Waals surface area contributed by atoms with Gasteiger partial charge in [-0.1, -0.05) is 69.4 Å². The second kappa shape index (κ2) is 16.4. The summed E-state index contributed by atoms with van der Waals surface area (Å²) in [5.41, 5.74) is 13.3. The molecule has 0 amide bonds. The van der Waals surface area contributed by atoms with Crippen LogP contribution >= 0.6 is 0 Å². The second-order valence-corrected chi connectivity index (χ2v) is 9.06. The quantitative estimate of drug-likeness (QED) is 0.220. The number of allylic oxidation sites excluding steroid dienone is 6. The molecule has 0 aromatic carbocycles. The summed E-state index contributed by atoms with van der Waals surface area (Å²) in [6.07, 6.45) is 15.3. The maximum Gasteiger partial charge on any atom is 0.0707 e. The van der Waals surface area contributed by atoms with Gasteiger partial charge >= 0.3 is 0 Å². The fourth-order valence-corrected chi connectivity index (χ4v) is 4.57. The Morgan fingerprint density at radius 1 is 1.18 bits per heavy atom. The molecule has 0 bridgehead atoms. The number of hydrogen-bond acceptors (Lipinski definition) is 4. The van der Waals surface area contributed by atoms with Gasteiger partial charge in [-0.05, 0) is 90.0 Å². The predicted octanol–water partition coefficient (Wildman–Crippen LogP) is 8.35. The van der Waals surface area contributed by atoms with Crippen LogP contribution in [0.2, 0.25) is 0 Å². The summed E-state index contributed by atoms with van der Waals surface area (Å²) in [5, 5.41) is 6.46. The lowest BCUT2D eigenvalue weighted by Crippen LogP contribution is -2.43. The van der Waals surface area contributed by atoms with Crippen LogP contribution in [0, 0.1) is 11.4 Å². The molecule has 2 rings (SSSR count). The highest BCUT2D eigenvalue weighted by Crippen LogP contribution is 2.34. The van der Waals surface area contributed by atoms with E-state index in [-0.39, 0.29) is 13.5 Å². The van der Waals surface area contributed by atoms with E-state index in [9.17, 15) is 0 Å². The number of likely N-dealkylation sites (tertiary alicyclic amines) is 1. The SMILES string of the molecule is C.C=C/C(C)=C(NC(=C)C(C1=CCC(C(=C)C)CC1)N1CCCCCC1)\C(C)=C/C.CN=N. The highest BCUT2D eigenvalue weighted by Gasteiger charge is 2.29. The maximum absolute atomic E-state index is 5.83. The lowest BCUT2D eigenvalue weighted by molar-refractivity contribution is 0.241. The van der Waals surface area contributed by atoms with Gasteiger partial charge in [0.15, 0.2) is 0 Å². The molecule has 186 valence electrons. The van der Waals surface area contributed by atoms with Gasteiger partial charge < -0.3 is 5.32 Å². The molecule has 1 saturated heterocycles. The van der Waals surface area contributed by atoms with Crippen LogP contribution in [0.25, 0.3) is 0 Å². The Bertz CT molecular complexity index is 746. The van der Waals surface area contributed by atoms with Gasteiger partial charge in [0, 0.05) is 18.4 Å². The molecule has 0 spiro atoms. The molecule has 33 heavy (non-hydrogen) atoms. The molecule has 4 heteroatoms. The third-order valence-electron chi connectivity index (χ3n) is 6.64. The van der Waals surface area contributed by atoms with Gasteiger partial charge in [-0.25, -0.2) is 10.6 Å². The van der Waals surface area contributed by atoms with Crippen LogP contribution in [0.15, 0.2) is 76.8 Å². The van der Waals surface area contributed by atoms with Gasteiger partial charge in [0.05, 0.1) is 6.04 Å². The zero-order chi connectivity index (χ0) is 24.1. The van der Waals surface area contributed by atoms with Crippen molar-refractivity contribution in [1.29, 1.82) is 5.53 Å². The minimum atomic E-state index is 0. The Kier molecular flexibility index (Phi) is 15.3. The maximum atomic E-state index is 5.83. The summed E-state index contributed by atoms with van der Waals surface area (Å²) in [7, 11) is 1.42. The summed E-state index contributed by atoms with van der Waals surface area (Å²) in [6.45, 7) is 23.6. The smallest absolute Gasteiger partial charge is 0.0707 e. The summed E-state index contributed by atoms with van der Waals surface area (Å²) in [4.78, 5) is 2.67. The number of nitrogens with one attached hydrogen (secondary N) is 2. The molecular formula is C29H50N4. The normalized spacial score (nSPS) is 20.9. The van der Waals surface area contributed by atoms with Gasteiger partial charge in [-0.3, -0.25) is 4.90 Å². The van der Waals surface area contributed by atoms with E-state index in [2.05, 4.69) is 74.9 Å². The number of hydrogen-bond donors (Lipinski definition) is 2. The third kappa shape index (κ3) is 9.67. The van der Waals surface area contributed by atoms with Crippen LogP contribution in [0.5, 0.6) is 0 Å². The minimum Gasteiger partial charge on any atom is -0.357 e. The van der Waals surface area contributed by atoms with E-state index in [1.807, 2.05) is 6.08 Å². The Morgan fingerprint density at radius 2 is 1.76 bits per heavy atom. The summed E-state index contributed by atoms with van der Waals surface area (Å²) in [5.74, 6) is 0.633. The van der Waals surface area contributed by atoms with Gasteiger partial charge in [0.2, 0.25) is 0 Å². The van der Waals surface area contributed by atoms with Crippen LogP contribution in [0.3, 0.4) is 0 Å². The van der Waals surface area contributed by atoms with E-state index in [1.165, 1.54) is 55.9 Å². The fraction of sp³-hybridized carbons (Fsp3) is 0.586. The molecule has 2 atom stereocenters. The van der Waals surface area contributed by atoms with E-state index in [0.29, 0.717) is 5.92 Å². The van der Waals surface area contributed by atoms with Crippen LogP contribution < -0.4 is 5.32 Å². The first-order valence-corrected chi connectivity index (χ1v) is 12.1.